The van der Waals surface area contributed by atoms with Crippen LogP contribution in [0.1, 0.15) is 23.2 Å². The minimum Gasteiger partial charge on any atom is -0.496 e. The van der Waals surface area contributed by atoms with E-state index in [0.29, 0.717) is 61.2 Å². The molecular weight excluding hydrogens is 432 g/mol. The van der Waals surface area contributed by atoms with Crippen LogP contribution < -0.4 is 15.0 Å². The molecule has 2 aromatic rings. The molecule has 0 spiro atoms. The molecule has 2 aliphatic rings. The first-order valence-corrected chi connectivity index (χ1v) is 11.2. The molecule has 0 bridgehead atoms. The fraction of sp³-hybridized carbons (Fsp3) is 0.435. The monoisotopic (exact) mass is 458 g/mol. The van der Waals surface area contributed by atoms with E-state index in [1.807, 2.05) is 12.1 Å². The summed E-state index contributed by atoms with van der Waals surface area (Å²) in [6, 6.07) is 8.79. The summed E-state index contributed by atoms with van der Waals surface area (Å²) in [5.41, 5.74) is 1.11. The van der Waals surface area contributed by atoms with Crippen molar-refractivity contribution in [2.45, 2.75) is 12.8 Å². The maximum Gasteiger partial charge on any atom is 0.257 e. The molecule has 2 fully saturated rings. The van der Waals surface area contributed by atoms with Gasteiger partial charge in [0.25, 0.3) is 5.91 Å². The zero-order chi connectivity index (χ0) is 22.5. The van der Waals surface area contributed by atoms with Gasteiger partial charge >= 0.3 is 0 Å². The van der Waals surface area contributed by atoms with Crippen LogP contribution in [0.25, 0.3) is 0 Å². The van der Waals surface area contributed by atoms with E-state index >= 15 is 0 Å². The maximum atomic E-state index is 12.9. The highest BCUT2D eigenvalue weighted by Gasteiger charge is 2.29. The number of rotatable bonds is 5. The number of anilines is 2. The molecule has 2 saturated heterocycles. The quantitative estimate of drug-likeness (QED) is 0.741. The number of nitrogens with one attached hydrogen (secondary N) is 1. The number of hydrogen-bond acceptors (Lipinski definition) is 6. The van der Waals surface area contributed by atoms with Gasteiger partial charge in [-0.25, -0.2) is 4.98 Å². The Kier molecular flexibility index (Phi) is 7.12. The van der Waals surface area contributed by atoms with Gasteiger partial charge in [0, 0.05) is 37.1 Å². The van der Waals surface area contributed by atoms with Gasteiger partial charge in [0.2, 0.25) is 5.91 Å². The standard InChI is InChI=1S/C23H27ClN4O4/c1-31-20-4-2-17(24)14-19(20)23(30)28-8-6-16(7-9-28)22(29)26-18-3-5-21(25-15-18)27-10-12-32-13-11-27/h2-5,14-16H,6-13H2,1H3,(H,26,29). The Morgan fingerprint density at radius 1 is 1.12 bits per heavy atom. The summed E-state index contributed by atoms with van der Waals surface area (Å²) in [4.78, 5) is 34.1. The molecule has 8 nitrogen and oxygen atoms in total. The first kappa shape index (κ1) is 22.4. The molecular formula is C23H27ClN4O4. The van der Waals surface area contributed by atoms with Gasteiger partial charge in [-0.15, -0.1) is 0 Å². The molecule has 1 aromatic heterocycles. The van der Waals surface area contributed by atoms with E-state index in [2.05, 4.69) is 15.2 Å². The van der Waals surface area contributed by atoms with Crippen LogP contribution in [0, 0.1) is 5.92 Å². The average Bonchev–Trinajstić information content (AvgIpc) is 2.84. The van der Waals surface area contributed by atoms with Crippen molar-refractivity contribution in [3.8, 4) is 5.75 Å². The van der Waals surface area contributed by atoms with Crippen molar-refractivity contribution < 1.29 is 19.1 Å². The number of halogens is 1. The van der Waals surface area contributed by atoms with E-state index in [-0.39, 0.29) is 17.7 Å². The second kappa shape index (κ2) is 10.2. The van der Waals surface area contributed by atoms with Crippen molar-refractivity contribution in [1.82, 2.24) is 9.88 Å². The van der Waals surface area contributed by atoms with Crippen molar-refractivity contribution >= 4 is 34.9 Å². The first-order chi connectivity index (χ1) is 15.5. The minimum atomic E-state index is -0.153. The van der Waals surface area contributed by atoms with Gasteiger partial charge in [0.15, 0.2) is 0 Å². The molecule has 0 saturated carbocycles. The highest BCUT2D eigenvalue weighted by molar-refractivity contribution is 6.31. The topological polar surface area (TPSA) is 84.0 Å². The van der Waals surface area contributed by atoms with Crippen molar-refractivity contribution in [3.63, 3.8) is 0 Å². The molecule has 9 heteroatoms. The lowest BCUT2D eigenvalue weighted by Crippen LogP contribution is -2.41. The van der Waals surface area contributed by atoms with E-state index < -0.39 is 0 Å². The van der Waals surface area contributed by atoms with Crippen LogP contribution in [0.15, 0.2) is 36.5 Å². The predicted molar refractivity (Wildman–Crippen MR) is 123 cm³/mol. The SMILES string of the molecule is COc1ccc(Cl)cc1C(=O)N1CCC(C(=O)Nc2ccc(N3CCOCC3)nc2)CC1. The molecule has 32 heavy (non-hydrogen) atoms. The minimum absolute atomic E-state index is 0.0432. The van der Waals surface area contributed by atoms with E-state index in [4.69, 9.17) is 21.1 Å². The molecule has 0 aliphatic carbocycles. The zero-order valence-corrected chi connectivity index (χ0v) is 18.8. The number of pyridine rings is 1. The second-order valence-electron chi connectivity index (χ2n) is 7.90. The van der Waals surface area contributed by atoms with Crippen molar-refractivity contribution in [2.24, 2.45) is 5.92 Å². The highest BCUT2D eigenvalue weighted by Crippen LogP contribution is 2.27. The van der Waals surface area contributed by atoms with Crippen LogP contribution in [0.2, 0.25) is 5.02 Å². The Balaban J connectivity index is 1.31. The third-order valence-corrected chi connectivity index (χ3v) is 6.13. The average molecular weight is 459 g/mol. The van der Waals surface area contributed by atoms with Crippen molar-refractivity contribution in [3.05, 3.63) is 47.1 Å². The Hall–Kier alpha value is -2.84. The smallest absolute Gasteiger partial charge is 0.257 e. The molecule has 170 valence electrons. The number of methoxy groups -OCH3 is 1. The number of aromatic nitrogens is 1. The molecule has 4 rings (SSSR count). The number of piperidine rings is 1. The summed E-state index contributed by atoms with van der Waals surface area (Å²) >= 11 is 6.06. The Labute approximate surface area is 192 Å². The summed E-state index contributed by atoms with van der Waals surface area (Å²) < 4.78 is 10.7. The third kappa shape index (κ3) is 5.14. The third-order valence-electron chi connectivity index (χ3n) is 5.90. The number of benzene rings is 1. The number of amides is 2. The number of ether oxygens (including phenoxy) is 2. The second-order valence-corrected chi connectivity index (χ2v) is 8.34. The molecule has 0 unspecified atom stereocenters. The Bertz CT molecular complexity index is 955. The van der Waals surface area contributed by atoms with Gasteiger partial charge < -0.3 is 24.6 Å². The van der Waals surface area contributed by atoms with Gasteiger partial charge in [-0.3, -0.25) is 9.59 Å². The van der Waals surface area contributed by atoms with Gasteiger partial charge in [-0.05, 0) is 43.2 Å². The van der Waals surface area contributed by atoms with Crippen molar-refractivity contribution in [1.29, 1.82) is 0 Å². The fourth-order valence-electron chi connectivity index (χ4n) is 4.05. The van der Waals surface area contributed by atoms with Crippen LogP contribution >= 0.6 is 11.6 Å². The van der Waals surface area contributed by atoms with Gasteiger partial charge in [-0.2, -0.15) is 0 Å². The van der Waals surface area contributed by atoms with Crippen molar-refractivity contribution in [2.75, 3.05) is 56.7 Å². The van der Waals surface area contributed by atoms with E-state index in [1.165, 1.54) is 7.11 Å². The largest absolute Gasteiger partial charge is 0.496 e. The highest BCUT2D eigenvalue weighted by atomic mass is 35.5. The van der Waals surface area contributed by atoms with Gasteiger partial charge in [0.1, 0.15) is 11.6 Å². The van der Waals surface area contributed by atoms with E-state index in [1.54, 1.807) is 29.3 Å². The van der Waals surface area contributed by atoms with E-state index in [9.17, 15) is 9.59 Å². The summed E-state index contributed by atoms with van der Waals surface area (Å²) in [7, 11) is 1.53. The number of morpholine rings is 1. The fourth-order valence-corrected chi connectivity index (χ4v) is 4.22. The van der Waals surface area contributed by atoms with Gasteiger partial charge in [-0.1, -0.05) is 11.6 Å². The van der Waals surface area contributed by atoms with Crippen LogP contribution in [-0.2, 0) is 9.53 Å². The molecule has 2 aliphatic heterocycles. The number of carbonyl (C=O) groups is 2. The molecule has 1 N–H and O–H groups in total. The van der Waals surface area contributed by atoms with Crippen LogP contribution in [0.5, 0.6) is 5.75 Å². The summed E-state index contributed by atoms with van der Waals surface area (Å²) in [6.45, 7) is 4.03. The number of likely N-dealkylation sites (tertiary alicyclic amines) is 1. The van der Waals surface area contributed by atoms with E-state index in [0.717, 1.165) is 18.9 Å². The summed E-state index contributed by atoms with van der Waals surface area (Å²) in [5, 5.41) is 3.44. The Morgan fingerprint density at radius 3 is 2.53 bits per heavy atom. The first-order valence-electron chi connectivity index (χ1n) is 10.8. The van der Waals surface area contributed by atoms with Crippen LogP contribution in [-0.4, -0.2) is 68.2 Å². The summed E-state index contributed by atoms with van der Waals surface area (Å²) in [5.74, 6) is 1.05. The Morgan fingerprint density at radius 2 is 1.88 bits per heavy atom. The molecule has 3 heterocycles. The van der Waals surface area contributed by atoms with Crippen LogP contribution in [0.3, 0.4) is 0 Å². The lowest BCUT2D eigenvalue weighted by molar-refractivity contribution is -0.121. The predicted octanol–water partition coefficient (Wildman–Crippen LogP) is 3.07. The molecule has 2 amide bonds. The maximum absolute atomic E-state index is 12.9. The van der Waals surface area contributed by atoms with Gasteiger partial charge in [0.05, 0.1) is 37.8 Å². The molecule has 0 atom stereocenters. The lowest BCUT2D eigenvalue weighted by Gasteiger charge is -2.31. The lowest BCUT2D eigenvalue weighted by atomic mass is 9.95. The normalized spacial score (nSPS) is 17.2. The number of carbonyl (C=O) groups excluding carboxylic acids is 2. The summed E-state index contributed by atoms with van der Waals surface area (Å²) in [6.07, 6.45) is 2.88. The van der Waals surface area contributed by atoms with Crippen LogP contribution in [0.4, 0.5) is 11.5 Å². The number of nitrogens with zero attached hydrogens (tertiary/aromatic N) is 3. The molecule has 1 aromatic carbocycles. The number of hydrogen-bond donors (Lipinski definition) is 1. The molecule has 0 radical (unpaired) electrons. The zero-order valence-electron chi connectivity index (χ0n) is 18.1.